The Labute approximate surface area is 173 Å². The number of carbonyl (C=O) groups excluding carboxylic acids is 2. The third-order valence-electron chi connectivity index (χ3n) is 6.16. The lowest BCUT2D eigenvalue weighted by molar-refractivity contribution is -0.140. The molecule has 3 heterocycles. The molecule has 7 heteroatoms. The van der Waals surface area contributed by atoms with Crippen molar-refractivity contribution >= 4 is 11.9 Å². The van der Waals surface area contributed by atoms with Crippen LogP contribution in [0.15, 0.2) is 18.2 Å². The van der Waals surface area contributed by atoms with Gasteiger partial charge in [0.25, 0.3) is 0 Å². The second kappa shape index (κ2) is 10.7. The van der Waals surface area contributed by atoms with E-state index in [0.29, 0.717) is 12.6 Å². The van der Waals surface area contributed by atoms with Crippen LogP contribution in [0.3, 0.4) is 0 Å². The van der Waals surface area contributed by atoms with Gasteiger partial charge in [-0.3, -0.25) is 19.5 Å². The van der Waals surface area contributed by atoms with Gasteiger partial charge in [-0.05, 0) is 57.8 Å². The van der Waals surface area contributed by atoms with Gasteiger partial charge in [0, 0.05) is 43.8 Å². The zero-order valence-corrected chi connectivity index (χ0v) is 17.7. The van der Waals surface area contributed by atoms with E-state index < -0.39 is 0 Å². The molecular weight excluding hydrogens is 368 g/mol. The fourth-order valence-electron chi connectivity index (χ4n) is 4.42. The molecule has 0 aromatic carbocycles. The Hall–Kier alpha value is -1.99. The van der Waals surface area contributed by atoms with Gasteiger partial charge >= 0.3 is 5.97 Å². The van der Waals surface area contributed by atoms with E-state index in [9.17, 15) is 9.59 Å². The summed E-state index contributed by atoms with van der Waals surface area (Å²) in [4.78, 5) is 33.1. The van der Waals surface area contributed by atoms with Gasteiger partial charge in [-0.15, -0.1) is 0 Å². The number of ether oxygens (including phenoxy) is 1. The number of hydrogen-bond acceptors (Lipinski definition) is 6. The molecule has 0 radical (unpaired) electrons. The Morgan fingerprint density at radius 2 is 1.86 bits per heavy atom. The molecule has 0 spiro atoms. The van der Waals surface area contributed by atoms with Gasteiger partial charge in [0.2, 0.25) is 5.91 Å². The predicted molar refractivity (Wildman–Crippen MR) is 111 cm³/mol. The molecule has 7 nitrogen and oxygen atoms in total. The van der Waals surface area contributed by atoms with Gasteiger partial charge in [0.05, 0.1) is 19.2 Å². The lowest BCUT2D eigenvalue weighted by Gasteiger charge is -2.41. The Kier molecular flexibility index (Phi) is 8.00. The van der Waals surface area contributed by atoms with Gasteiger partial charge in [-0.2, -0.15) is 0 Å². The van der Waals surface area contributed by atoms with Crippen LogP contribution in [0.2, 0.25) is 0 Å². The van der Waals surface area contributed by atoms with Gasteiger partial charge in [0.15, 0.2) is 0 Å². The van der Waals surface area contributed by atoms with Crippen molar-refractivity contribution in [1.82, 2.24) is 20.1 Å². The highest BCUT2D eigenvalue weighted by atomic mass is 16.5. The third kappa shape index (κ3) is 6.51. The lowest BCUT2D eigenvalue weighted by atomic mass is 9.92. The molecule has 1 amide bonds. The maximum Gasteiger partial charge on any atom is 0.307 e. The number of aryl methyl sites for hydroxylation is 1. The third-order valence-corrected chi connectivity index (χ3v) is 6.16. The Bertz CT molecular complexity index is 680. The highest BCUT2D eigenvalue weighted by molar-refractivity contribution is 5.79. The average Bonchev–Trinajstić information content (AvgIpc) is 2.74. The number of likely N-dealkylation sites (tertiary alicyclic amines) is 2. The first-order valence-electron chi connectivity index (χ1n) is 10.8. The minimum atomic E-state index is -0.287. The van der Waals surface area contributed by atoms with Crippen LogP contribution in [0.25, 0.3) is 0 Å². The second-order valence-electron chi connectivity index (χ2n) is 8.21. The maximum atomic E-state index is 12.3. The van der Waals surface area contributed by atoms with Crippen LogP contribution in [0.4, 0.5) is 0 Å². The number of piperidine rings is 2. The summed E-state index contributed by atoms with van der Waals surface area (Å²) < 4.78 is 4.60. The first-order valence-corrected chi connectivity index (χ1v) is 10.8. The molecule has 2 saturated heterocycles. The summed E-state index contributed by atoms with van der Waals surface area (Å²) in [5, 5.41) is 2.87. The number of nitrogens with one attached hydrogen (secondary N) is 1. The number of pyridine rings is 1. The highest BCUT2D eigenvalue weighted by Gasteiger charge is 2.30. The molecule has 0 saturated carbocycles. The van der Waals surface area contributed by atoms with Crippen molar-refractivity contribution in [3.63, 3.8) is 0 Å². The van der Waals surface area contributed by atoms with Gasteiger partial charge in [0.1, 0.15) is 0 Å². The summed E-state index contributed by atoms with van der Waals surface area (Å²) in [5.74, 6) is -0.143. The molecule has 1 aromatic rings. The Morgan fingerprint density at radius 3 is 2.52 bits per heavy atom. The van der Waals surface area contributed by atoms with E-state index >= 15 is 0 Å². The van der Waals surface area contributed by atoms with Crippen LogP contribution in [0.5, 0.6) is 0 Å². The van der Waals surface area contributed by atoms with E-state index in [4.69, 9.17) is 0 Å². The summed E-state index contributed by atoms with van der Waals surface area (Å²) in [7, 11) is 1.36. The van der Waals surface area contributed by atoms with Crippen molar-refractivity contribution in [2.24, 2.45) is 5.92 Å². The van der Waals surface area contributed by atoms with Crippen molar-refractivity contribution in [2.75, 3.05) is 39.8 Å². The summed E-state index contributed by atoms with van der Waals surface area (Å²) in [6, 6.07) is 6.86. The molecule has 160 valence electrons. The number of carbonyl (C=O) groups is 2. The fourth-order valence-corrected chi connectivity index (χ4v) is 4.42. The number of esters is 1. The standard InChI is InChI=1S/C22H34N4O3/c1-17-4-3-5-19(24-17)16-25-12-9-20(10-13-25)26-14-7-18(8-15-26)22(28)23-11-6-21(27)29-2/h3-5,18,20H,6-16H2,1-2H3,(H,23,28). The topological polar surface area (TPSA) is 74.8 Å². The summed E-state index contributed by atoms with van der Waals surface area (Å²) in [6.45, 7) is 7.52. The van der Waals surface area contributed by atoms with Gasteiger partial charge in [-0.25, -0.2) is 0 Å². The van der Waals surface area contributed by atoms with E-state index in [2.05, 4.69) is 37.0 Å². The summed E-state index contributed by atoms with van der Waals surface area (Å²) in [6.07, 6.45) is 4.40. The van der Waals surface area contributed by atoms with Crippen LogP contribution in [0.1, 0.15) is 43.5 Å². The van der Waals surface area contributed by atoms with Crippen molar-refractivity contribution in [3.05, 3.63) is 29.6 Å². The van der Waals surface area contributed by atoms with E-state index in [1.807, 2.05) is 13.0 Å². The molecule has 0 bridgehead atoms. The minimum absolute atomic E-state index is 0.0661. The van der Waals surface area contributed by atoms with Crippen molar-refractivity contribution in [1.29, 1.82) is 0 Å². The number of aromatic nitrogens is 1. The van der Waals surface area contributed by atoms with Crippen molar-refractivity contribution < 1.29 is 14.3 Å². The molecule has 0 aliphatic carbocycles. The molecule has 3 rings (SSSR count). The SMILES string of the molecule is COC(=O)CCNC(=O)C1CCN(C2CCN(Cc3cccc(C)n3)CC2)CC1. The van der Waals surface area contributed by atoms with E-state index in [1.54, 1.807) is 0 Å². The summed E-state index contributed by atoms with van der Waals surface area (Å²) >= 11 is 0. The van der Waals surface area contributed by atoms with E-state index in [-0.39, 0.29) is 24.2 Å². The number of nitrogens with zero attached hydrogens (tertiary/aromatic N) is 3. The van der Waals surface area contributed by atoms with Crippen molar-refractivity contribution in [3.8, 4) is 0 Å². The van der Waals surface area contributed by atoms with E-state index in [0.717, 1.165) is 57.0 Å². The molecule has 0 unspecified atom stereocenters. The average molecular weight is 403 g/mol. The molecule has 29 heavy (non-hydrogen) atoms. The second-order valence-corrected chi connectivity index (χ2v) is 8.21. The normalized spacial score (nSPS) is 19.8. The Balaban J connectivity index is 1.35. The zero-order valence-electron chi connectivity index (χ0n) is 17.7. The molecule has 2 aliphatic rings. The number of methoxy groups -OCH3 is 1. The van der Waals surface area contributed by atoms with Gasteiger partial charge in [-0.1, -0.05) is 6.07 Å². The monoisotopic (exact) mass is 402 g/mol. The fraction of sp³-hybridized carbons (Fsp3) is 0.682. The molecule has 0 atom stereocenters. The molecule has 1 N–H and O–H groups in total. The van der Waals surface area contributed by atoms with Crippen LogP contribution in [-0.4, -0.2) is 72.5 Å². The molecule has 2 aliphatic heterocycles. The van der Waals surface area contributed by atoms with Crippen LogP contribution in [-0.2, 0) is 20.9 Å². The minimum Gasteiger partial charge on any atom is -0.469 e. The highest BCUT2D eigenvalue weighted by Crippen LogP contribution is 2.24. The molecule has 1 aromatic heterocycles. The lowest BCUT2D eigenvalue weighted by Crippen LogP contribution is -2.49. The number of hydrogen-bond donors (Lipinski definition) is 1. The molecule has 2 fully saturated rings. The largest absolute Gasteiger partial charge is 0.469 e. The van der Waals surface area contributed by atoms with Crippen LogP contribution in [0, 0.1) is 12.8 Å². The Morgan fingerprint density at radius 1 is 1.14 bits per heavy atom. The summed E-state index contributed by atoms with van der Waals surface area (Å²) in [5.41, 5.74) is 2.23. The number of amides is 1. The van der Waals surface area contributed by atoms with Gasteiger partial charge < -0.3 is 15.0 Å². The smallest absolute Gasteiger partial charge is 0.307 e. The molecular formula is C22H34N4O3. The van der Waals surface area contributed by atoms with Crippen LogP contribution < -0.4 is 5.32 Å². The maximum absolute atomic E-state index is 12.3. The first kappa shape index (κ1) is 21.7. The number of rotatable bonds is 7. The predicted octanol–water partition coefficient (Wildman–Crippen LogP) is 1.75. The quantitative estimate of drug-likeness (QED) is 0.701. The van der Waals surface area contributed by atoms with Crippen molar-refractivity contribution in [2.45, 2.75) is 51.6 Å². The van der Waals surface area contributed by atoms with E-state index in [1.165, 1.54) is 20.0 Å². The zero-order chi connectivity index (χ0) is 20.6. The van der Waals surface area contributed by atoms with Crippen LogP contribution >= 0.6 is 0 Å². The first-order chi connectivity index (χ1) is 14.0.